The lowest BCUT2D eigenvalue weighted by Gasteiger charge is -2.21. The lowest BCUT2D eigenvalue weighted by molar-refractivity contribution is 0.168. The average Bonchev–Trinajstić information content (AvgIpc) is 2.47. The third kappa shape index (κ3) is 1.72. The fourth-order valence-corrected chi connectivity index (χ4v) is 2.86. The van der Waals surface area contributed by atoms with Crippen molar-refractivity contribution in [2.24, 2.45) is 0 Å². The fraction of sp³-hybridized carbons (Fsp3) is 0.312. The number of aromatic nitrogens is 1. The Morgan fingerprint density at radius 3 is 2.80 bits per heavy atom. The third-order valence-corrected chi connectivity index (χ3v) is 3.87. The van der Waals surface area contributed by atoms with E-state index in [2.05, 4.69) is 13.0 Å². The Balaban J connectivity index is 2.49. The molecule has 0 saturated carbocycles. The molecular weight excluding hydrogens is 254 g/mol. The SMILES string of the molecule is COc1ccc2c(c1)c1c(c(=O)n2OC)C(C)CC=C1. The number of benzene rings is 1. The number of fused-ring (bicyclic) bond motifs is 3. The van der Waals surface area contributed by atoms with Gasteiger partial charge >= 0.3 is 0 Å². The highest BCUT2D eigenvalue weighted by atomic mass is 16.6. The molecule has 4 heteroatoms. The molecule has 4 nitrogen and oxygen atoms in total. The minimum Gasteiger partial charge on any atom is -0.497 e. The minimum absolute atomic E-state index is 0.0722. The molecule has 20 heavy (non-hydrogen) atoms. The van der Waals surface area contributed by atoms with Crippen molar-refractivity contribution in [1.29, 1.82) is 0 Å². The van der Waals surface area contributed by atoms with E-state index in [0.717, 1.165) is 34.2 Å². The molecule has 1 unspecified atom stereocenters. The molecule has 3 rings (SSSR count). The van der Waals surface area contributed by atoms with Crippen LogP contribution in [0.2, 0.25) is 0 Å². The van der Waals surface area contributed by atoms with Crippen LogP contribution < -0.4 is 15.1 Å². The Labute approximate surface area is 117 Å². The van der Waals surface area contributed by atoms with Crippen LogP contribution >= 0.6 is 0 Å². The van der Waals surface area contributed by atoms with Gasteiger partial charge in [0.2, 0.25) is 0 Å². The van der Waals surface area contributed by atoms with Crippen LogP contribution in [0.3, 0.4) is 0 Å². The number of rotatable bonds is 2. The normalized spacial score (nSPS) is 17.1. The highest BCUT2D eigenvalue weighted by Crippen LogP contribution is 2.33. The van der Waals surface area contributed by atoms with E-state index in [1.807, 2.05) is 24.3 Å². The molecule has 0 spiro atoms. The molecule has 1 atom stereocenters. The number of methoxy groups -OCH3 is 1. The zero-order valence-corrected chi connectivity index (χ0v) is 11.8. The molecule has 1 aromatic carbocycles. The zero-order chi connectivity index (χ0) is 14.3. The van der Waals surface area contributed by atoms with Gasteiger partial charge in [-0.25, -0.2) is 0 Å². The van der Waals surface area contributed by atoms with E-state index in [1.165, 1.54) is 11.8 Å². The summed E-state index contributed by atoms with van der Waals surface area (Å²) in [6, 6.07) is 5.64. The largest absolute Gasteiger partial charge is 0.497 e. The Kier molecular flexibility index (Phi) is 3.01. The van der Waals surface area contributed by atoms with Gasteiger partial charge in [0.1, 0.15) is 12.9 Å². The first kappa shape index (κ1) is 12.8. The van der Waals surface area contributed by atoms with Crippen LogP contribution in [0.1, 0.15) is 30.4 Å². The van der Waals surface area contributed by atoms with Crippen LogP contribution in [0.4, 0.5) is 0 Å². The van der Waals surface area contributed by atoms with Crippen molar-refractivity contribution in [2.45, 2.75) is 19.3 Å². The van der Waals surface area contributed by atoms with Gasteiger partial charge in [-0.3, -0.25) is 4.79 Å². The van der Waals surface area contributed by atoms with E-state index < -0.39 is 0 Å². The lowest BCUT2D eigenvalue weighted by Crippen LogP contribution is -2.30. The third-order valence-electron chi connectivity index (χ3n) is 3.87. The van der Waals surface area contributed by atoms with Crippen molar-refractivity contribution in [3.8, 4) is 5.75 Å². The van der Waals surface area contributed by atoms with Crippen molar-refractivity contribution in [2.75, 3.05) is 14.2 Å². The van der Waals surface area contributed by atoms with Gasteiger partial charge in [-0.1, -0.05) is 19.1 Å². The molecule has 0 N–H and O–H groups in total. The second-order valence-corrected chi connectivity index (χ2v) is 5.03. The van der Waals surface area contributed by atoms with Gasteiger partial charge in [0.25, 0.3) is 5.56 Å². The predicted molar refractivity (Wildman–Crippen MR) is 79.3 cm³/mol. The maximum atomic E-state index is 12.6. The smallest absolute Gasteiger partial charge is 0.287 e. The molecule has 1 aliphatic rings. The Hall–Kier alpha value is -2.23. The van der Waals surface area contributed by atoms with Crippen LogP contribution in [0.15, 0.2) is 29.1 Å². The van der Waals surface area contributed by atoms with Crippen LogP contribution in [-0.2, 0) is 0 Å². The van der Waals surface area contributed by atoms with Crippen molar-refractivity contribution < 1.29 is 9.57 Å². The number of ether oxygens (including phenoxy) is 1. The van der Waals surface area contributed by atoms with Crippen LogP contribution in [-0.4, -0.2) is 19.0 Å². The van der Waals surface area contributed by atoms with E-state index in [9.17, 15) is 4.79 Å². The fourth-order valence-electron chi connectivity index (χ4n) is 2.86. The van der Waals surface area contributed by atoms with Gasteiger partial charge < -0.3 is 9.57 Å². The highest BCUT2D eigenvalue weighted by Gasteiger charge is 2.22. The Morgan fingerprint density at radius 2 is 2.10 bits per heavy atom. The molecule has 0 radical (unpaired) electrons. The lowest BCUT2D eigenvalue weighted by atomic mass is 9.87. The molecule has 1 heterocycles. The standard InChI is InChI=1S/C16H17NO3/c1-10-5-4-6-12-13-9-11(19-2)7-8-14(13)17(20-3)16(18)15(10)12/h4,6-10H,5H2,1-3H3. The number of allylic oxidation sites excluding steroid dienone is 1. The first-order valence-corrected chi connectivity index (χ1v) is 6.65. The van der Waals surface area contributed by atoms with E-state index in [1.54, 1.807) is 7.11 Å². The van der Waals surface area contributed by atoms with Gasteiger partial charge in [0.05, 0.1) is 12.6 Å². The first-order valence-electron chi connectivity index (χ1n) is 6.65. The number of hydrogen-bond acceptors (Lipinski definition) is 3. The van der Waals surface area contributed by atoms with E-state index in [0.29, 0.717) is 0 Å². The molecule has 1 aromatic heterocycles. The molecule has 0 saturated heterocycles. The molecule has 1 aliphatic carbocycles. The van der Waals surface area contributed by atoms with Crippen LogP contribution in [0.25, 0.3) is 17.0 Å². The van der Waals surface area contributed by atoms with Crippen LogP contribution in [0.5, 0.6) is 5.75 Å². The summed E-state index contributed by atoms with van der Waals surface area (Å²) >= 11 is 0. The first-order chi connectivity index (χ1) is 9.67. The maximum Gasteiger partial charge on any atom is 0.287 e. The molecular formula is C16H17NO3. The number of pyridine rings is 1. The summed E-state index contributed by atoms with van der Waals surface area (Å²) in [5.74, 6) is 0.965. The zero-order valence-electron chi connectivity index (χ0n) is 11.8. The summed E-state index contributed by atoms with van der Waals surface area (Å²) in [4.78, 5) is 17.9. The maximum absolute atomic E-state index is 12.6. The molecule has 2 aromatic rings. The number of hydrogen-bond donors (Lipinski definition) is 0. The molecule has 0 aliphatic heterocycles. The summed E-state index contributed by atoms with van der Waals surface area (Å²) in [7, 11) is 3.15. The van der Waals surface area contributed by atoms with Gasteiger partial charge in [-0.15, -0.1) is 4.73 Å². The summed E-state index contributed by atoms with van der Waals surface area (Å²) in [5, 5.41) is 0.976. The molecule has 0 bridgehead atoms. The monoisotopic (exact) mass is 271 g/mol. The second-order valence-electron chi connectivity index (χ2n) is 5.03. The summed E-state index contributed by atoms with van der Waals surface area (Å²) in [6.45, 7) is 2.07. The topological polar surface area (TPSA) is 40.5 Å². The van der Waals surface area contributed by atoms with E-state index in [4.69, 9.17) is 9.57 Å². The van der Waals surface area contributed by atoms with Gasteiger partial charge in [-0.2, -0.15) is 0 Å². The van der Waals surface area contributed by atoms with Crippen molar-refractivity contribution >= 4 is 17.0 Å². The molecule has 0 amide bonds. The van der Waals surface area contributed by atoms with Crippen molar-refractivity contribution in [1.82, 2.24) is 4.73 Å². The Morgan fingerprint density at radius 1 is 1.30 bits per heavy atom. The van der Waals surface area contributed by atoms with Crippen molar-refractivity contribution in [3.63, 3.8) is 0 Å². The minimum atomic E-state index is -0.0722. The molecule has 0 fully saturated rings. The second kappa shape index (κ2) is 4.71. The van der Waals surface area contributed by atoms with Crippen molar-refractivity contribution in [3.05, 3.63) is 45.8 Å². The summed E-state index contributed by atoms with van der Waals surface area (Å²) in [6.07, 6.45) is 5.02. The van der Waals surface area contributed by atoms with Gasteiger partial charge in [0.15, 0.2) is 0 Å². The van der Waals surface area contributed by atoms with E-state index >= 15 is 0 Å². The van der Waals surface area contributed by atoms with Gasteiger partial charge in [0, 0.05) is 10.9 Å². The summed E-state index contributed by atoms with van der Waals surface area (Å²) < 4.78 is 6.66. The van der Waals surface area contributed by atoms with E-state index in [-0.39, 0.29) is 11.5 Å². The highest BCUT2D eigenvalue weighted by molar-refractivity contribution is 5.91. The average molecular weight is 271 g/mol. The van der Waals surface area contributed by atoms with Crippen LogP contribution in [0, 0.1) is 0 Å². The van der Waals surface area contributed by atoms with Gasteiger partial charge in [-0.05, 0) is 36.1 Å². The predicted octanol–water partition coefficient (Wildman–Crippen LogP) is 2.59. The number of nitrogens with zero attached hydrogens (tertiary/aromatic N) is 1. The molecule has 104 valence electrons. The quantitative estimate of drug-likeness (QED) is 0.843. The Bertz CT molecular complexity index is 758. The summed E-state index contributed by atoms with van der Waals surface area (Å²) in [5.41, 5.74) is 2.49.